The van der Waals surface area contributed by atoms with Crippen LogP contribution >= 0.6 is 0 Å². The summed E-state index contributed by atoms with van der Waals surface area (Å²) in [6.45, 7) is 3.05. The van der Waals surface area contributed by atoms with Crippen molar-refractivity contribution in [1.82, 2.24) is 4.98 Å². The van der Waals surface area contributed by atoms with E-state index in [1.807, 2.05) is 0 Å². The zero-order chi connectivity index (χ0) is 13.8. The van der Waals surface area contributed by atoms with Crippen molar-refractivity contribution in [3.63, 3.8) is 0 Å². The van der Waals surface area contributed by atoms with Gasteiger partial charge in [0.2, 0.25) is 0 Å². The van der Waals surface area contributed by atoms with Gasteiger partial charge in [-0.15, -0.1) is 0 Å². The van der Waals surface area contributed by atoms with Crippen LogP contribution in [-0.4, -0.2) is 16.5 Å². The van der Waals surface area contributed by atoms with E-state index in [1.165, 1.54) is 31.4 Å². The fourth-order valence-electron chi connectivity index (χ4n) is 2.55. The monoisotopic (exact) mass is 265 g/mol. The number of hydrazine groups is 1. The summed E-state index contributed by atoms with van der Waals surface area (Å²) < 4.78 is 0. The van der Waals surface area contributed by atoms with Gasteiger partial charge in [-0.1, -0.05) is 13.3 Å². The zero-order valence-corrected chi connectivity index (χ0v) is 10.9. The third-order valence-corrected chi connectivity index (χ3v) is 3.54. The molecule has 0 spiro atoms. The number of nitrogens with two attached hydrogens (primary N) is 1. The van der Waals surface area contributed by atoms with Crippen LogP contribution in [0, 0.1) is 22.0 Å². The highest BCUT2D eigenvalue weighted by Gasteiger charge is 2.21. The van der Waals surface area contributed by atoms with Crippen LogP contribution in [0.15, 0.2) is 12.1 Å². The fraction of sp³-hybridized carbons (Fsp3) is 0.583. The molecule has 1 aliphatic carbocycles. The van der Waals surface area contributed by atoms with Crippen molar-refractivity contribution >= 4 is 17.3 Å². The zero-order valence-electron chi connectivity index (χ0n) is 10.9. The van der Waals surface area contributed by atoms with Crippen molar-refractivity contribution in [2.24, 2.45) is 17.7 Å². The number of nitrogens with one attached hydrogen (secondary N) is 2. The van der Waals surface area contributed by atoms with Crippen LogP contribution in [0.25, 0.3) is 0 Å². The van der Waals surface area contributed by atoms with E-state index < -0.39 is 4.92 Å². The molecule has 0 aromatic carbocycles. The lowest BCUT2D eigenvalue weighted by atomic mass is 10.1. The second kappa shape index (κ2) is 5.83. The summed E-state index contributed by atoms with van der Waals surface area (Å²) in [5.74, 6) is 7.42. The highest BCUT2D eigenvalue weighted by atomic mass is 16.6. The van der Waals surface area contributed by atoms with E-state index in [9.17, 15) is 10.1 Å². The van der Waals surface area contributed by atoms with Gasteiger partial charge < -0.3 is 10.7 Å². The molecule has 4 N–H and O–H groups in total. The average Bonchev–Trinajstić information content (AvgIpc) is 2.81. The number of anilines is 2. The minimum atomic E-state index is -0.453. The van der Waals surface area contributed by atoms with Crippen LogP contribution < -0.4 is 16.6 Å². The summed E-state index contributed by atoms with van der Waals surface area (Å²) in [4.78, 5) is 14.5. The first-order chi connectivity index (χ1) is 9.08. The molecule has 0 amide bonds. The van der Waals surface area contributed by atoms with Crippen molar-refractivity contribution in [1.29, 1.82) is 0 Å². The third-order valence-electron chi connectivity index (χ3n) is 3.54. The fourth-order valence-corrected chi connectivity index (χ4v) is 2.55. The predicted molar refractivity (Wildman–Crippen MR) is 73.7 cm³/mol. The van der Waals surface area contributed by atoms with Gasteiger partial charge in [-0.25, -0.2) is 10.8 Å². The summed E-state index contributed by atoms with van der Waals surface area (Å²) in [5.41, 5.74) is 2.32. The smallest absolute Gasteiger partial charge is 0.276 e. The molecule has 0 aliphatic heterocycles. The molecule has 7 nitrogen and oxygen atoms in total. The molecule has 1 saturated carbocycles. The van der Waals surface area contributed by atoms with Crippen LogP contribution in [0.2, 0.25) is 0 Å². The Morgan fingerprint density at radius 2 is 2.21 bits per heavy atom. The summed E-state index contributed by atoms with van der Waals surface area (Å²) >= 11 is 0. The van der Waals surface area contributed by atoms with Gasteiger partial charge >= 0.3 is 0 Å². The number of pyridine rings is 1. The highest BCUT2D eigenvalue weighted by Crippen LogP contribution is 2.30. The summed E-state index contributed by atoms with van der Waals surface area (Å²) in [6, 6.07) is 2.74. The van der Waals surface area contributed by atoms with E-state index in [4.69, 9.17) is 5.84 Å². The summed E-state index contributed by atoms with van der Waals surface area (Å²) in [7, 11) is 0. The Balaban J connectivity index is 2.02. The first kappa shape index (κ1) is 13.5. The molecule has 1 heterocycles. The molecule has 7 heteroatoms. The maximum absolute atomic E-state index is 10.8. The van der Waals surface area contributed by atoms with E-state index in [1.54, 1.807) is 0 Å². The molecule has 1 fully saturated rings. The molecule has 1 aromatic rings. The van der Waals surface area contributed by atoms with E-state index in [0.717, 1.165) is 12.5 Å². The molecule has 2 unspecified atom stereocenters. The van der Waals surface area contributed by atoms with Crippen LogP contribution in [-0.2, 0) is 0 Å². The van der Waals surface area contributed by atoms with E-state index in [-0.39, 0.29) is 11.5 Å². The summed E-state index contributed by atoms with van der Waals surface area (Å²) in [5, 5.41) is 14.0. The first-order valence-corrected chi connectivity index (χ1v) is 6.45. The van der Waals surface area contributed by atoms with Crippen molar-refractivity contribution in [2.75, 3.05) is 17.3 Å². The van der Waals surface area contributed by atoms with Crippen molar-refractivity contribution in [3.8, 4) is 0 Å². The molecular formula is C12H19N5O2. The number of hydrogen-bond donors (Lipinski definition) is 3. The number of rotatable bonds is 5. The van der Waals surface area contributed by atoms with Crippen LogP contribution in [0.4, 0.5) is 17.3 Å². The van der Waals surface area contributed by atoms with Gasteiger partial charge in [-0.2, -0.15) is 0 Å². The molecule has 104 valence electrons. The molecular weight excluding hydrogens is 246 g/mol. The van der Waals surface area contributed by atoms with Crippen molar-refractivity contribution < 1.29 is 4.92 Å². The van der Waals surface area contributed by atoms with Gasteiger partial charge in [-0.3, -0.25) is 10.1 Å². The molecule has 1 aliphatic rings. The lowest BCUT2D eigenvalue weighted by Gasteiger charge is -2.12. The minimum absolute atomic E-state index is 0.0229. The first-order valence-electron chi connectivity index (χ1n) is 6.45. The SMILES string of the molecule is CC1CCC(CNc2cc([N+](=O)[O-])cc(NN)n2)C1. The molecule has 19 heavy (non-hydrogen) atoms. The van der Waals surface area contributed by atoms with Crippen LogP contribution in [0.3, 0.4) is 0 Å². The van der Waals surface area contributed by atoms with Gasteiger partial charge in [0.05, 0.1) is 17.1 Å². The van der Waals surface area contributed by atoms with E-state index in [0.29, 0.717) is 11.7 Å². The maximum atomic E-state index is 10.8. The Labute approximate surface area is 111 Å². The van der Waals surface area contributed by atoms with Gasteiger partial charge in [-0.05, 0) is 24.7 Å². The normalized spacial score (nSPS) is 22.2. The standard InChI is InChI=1S/C12H19N5O2/c1-8-2-3-9(4-8)7-14-11-5-10(17(18)19)6-12(15-11)16-13/h5-6,8-9H,2-4,7,13H2,1H3,(H2,14,15,16). The number of nitrogen functional groups attached to an aromatic ring is 1. The number of hydrogen-bond acceptors (Lipinski definition) is 6. The van der Waals surface area contributed by atoms with Gasteiger partial charge in [0.25, 0.3) is 5.69 Å². The van der Waals surface area contributed by atoms with Gasteiger partial charge in [0.1, 0.15) is 11.6 Å². The Kier molecular flexibility index (Phi) is 4.16. The number of nitrogens with zero attached hydrogens (tertiary/aromatic N) is 2. The maximum Gasteiger partial charge on any atom is 0.276 e. The molecule has 2 rings (SSSR count). The lowest BCUT2D eigenvalue weighted by Crippen LogP contribution is -2.14. The van der Waals surface area contributed by atoms with Gasteiger partial charge in [0.15, 0.2) is 0 Å². The molecule has 1 aromatic heterocycles. The van der Waals surface area contributed by atoms with Crippen molar-refractivity contribution in [2.45, 2.75) is 26.2 Å². The predicted octanol–water partition coefficient (Wildman–Crippen LogP) is 2.12. The molecule has 2 atom stereocenters. The number of aromatic nitrogens is 1. The number of nitro groups is 1. The highest BCUT2D eigenvalue weighted by molar-refractivity contribution is 5.54. The topological polar surface area (TPSA) is 106 Å². The van der Waals surface area contributed by atoms with E-state index >= 15 is 0 Å². The van der Waals surface area contributed by atoms with Crippen LogP contribution in [0.5, 0.6) is 0 Å². The molecule has 0 saturated heterocycles. The largest absolute Gasteiger partial charge is 0.370 e. The summed E-state index contributed by atoms with van der Waals surface area (Å²) in [6.07, 6.45) is 3.65. The van der Waals surface area contributed by atoms with Crippen LogP contribution in [0.1, 0.15) is 26.2 Å². The quantitative estimate of drug-likeness (QED) is 0.428. The lowest BCUT2D eigenvalue weighted by molar-refractivity contribution is -0.384. The van der Waals surface area contributed by atoms with Crippen molar-refractivity contribution in [3.05, 3.63) is 22.2 Å². The average molecular weight is 265 g/mol. The Hall–Kier alpha value is -1.89. The Bertz CT molecular complexity index is 465. The second-order valence-corrected chi connectivity index (χ2v) is 5.16. The second-order valence-electron chi connectivity index (χ2n) is 5.16. The molecule has 0 bridgehead atoms. The Morgan fingerprint density at radius 3 is 2.79 bits per heavy atom. The molecule has 0 radical (unpaired) electrons. The minimum Gasteiger partial charge on any atom is -0.370 e. The third kappa shape index (κ3) is 3.54. The Morgan fingerprint density at radius 1 is 1.47 bits per heavy atom. The van der Waals surface area contributed by atoms with E-state index in [2.05, 4.69) is 22.7 Å². The van der Waals surface area contributed by atoms with Gasteiger partial charge in [0, 0.05) is 6.54 Å².